The molecule has 0 aliphatic rings. The summed E-state index contributed by atoms with van der Waals surface area (Å²) in [7, 11) is 0. The van der Waals surface area contributed by atoms with Gasteiger partial charge in [-0.3, -0.25) is 9.59 Å². The van der Waals surface area contributed by atoms with Crippen LogP contribution in [0.2, 0.25) is 0 Å². The number of esters is 2. The zero-order valence-electron chi connectivity index (χ0n) is 15.9. The Labute approximate surface area is 155 Å². The summed E-state index contributed by atoms with van der Waals surface area (Å²) in [6, 6.07) is 14.1. The Kier molecular flexibility index (Phi) is 7.64. The Morgan fingerprint density at radius 1 is 0.923 bits per heavy atom. The molecule has 0 fully saturated rings. The minimum Gasteiger partial charge on any atom is -0.463 e. The molecule has 0 saturated heterocycles. The van der Waals surface area contributed by atoms with Crippen LogP contribution < -0.4 is 0 Å². The lowest BCUT2D eigenvalue weighted by Crippen LogP contribution is -2.17. The second-order valence-electron chi connectivity index (χ2n) is 7.13. The number of carbonyl (C=O) groups is 2. The van der Waals surface area contributed by atoms with Crippen LogP contribution in [0.15, 0.2) is 42.5 Å². The highest BCUT2D eigenvalue weighted by Gasteiger charge is 2.12. The number of hydrogen-bond donors (Lipinski definition) is 0. The van der Waals surface area contributed by atoms with Gasteiger partial charge in [0.05, 0.1) is 6.10 Å². The highest BCUT2D eigenvalue weighted by molar-refractivity contribution is 5.83. The Morgan fingerprint density at radius 2 is 1.62 bits per heavy atom. The number of hydrogen-bond acceptors (Lipinski definition) is 4. The van der Waals surface area contributed by atoms with Crippen LogP contribution in [-0.2, 0) is 25.7 Å². The normalized spacial score (nSPS) is 12.2. The first-order chi connectivity index (χ1) is 12.4. The van der Waals surface area contributed by atoms with E-state index in [0.29, 0.717) is 12.3 Å². The zero-order valence-corrected chi connectivity index (χ0v) is 15.9. The molecule has 4 heteroatoms. The zero-order chi connectivity index (χ0) is 18.9. The van der Waals surface area contributed by atoms with Crippen LogP contribution in [0.1, 0.15) is 52.0 Å². The number of rotatable bonds is 9. The Hall–Kier alpha value is -2.36. The largest absolute Gasteiger partial charge is 0.463 e. The van der Waals surface area contributed by atoms with Crippen molar-refractivity contribution < 1.29 is 19.1 Å². The van der Waals surface area contributed by atoms with Crippen LogP contribution in [-0.4, -0.2) is 18.0 Å². The lowest BCUT2D eigenvalue weighted by atomic mass is 10.1. The van der Waals surface area contributed by atoms with Crippen LogP contribution in [0.4, 0.5) is 0 Å². The molecule has 0 aliphatic carbocycles. The SMILES string of the molecule is CC(C)CC(C)OC(=O)CCCC(=O)OCc1ccc2ccccc2c1. The highest BCUT2D eigenvalue weighted by Crippen LogP contribution is 2.16. The fraction of sp³-hybridized carbons (Fsp3) is 0.455. The molecule has 4 nitrogen and oxygen atoms in total. The fourth-order valence-electron chi connectivity index (χ4n) is 2.94. The van der Waals surface area contributed by atoms with E-state index in [1.165, 1.54) is 0 Å². The summed E-state index contributed by atoms with van der Waals surface area (Å²) in [6.07, 6.45) is 1.68. The van der Waals surface area contributed by atoms with Gasteiger partial charge in [-0.15, -0.1) is 0 Å². The van der Waals surface area contributed by atoms with Crippen LogP contribution >= 0.6 is 0 Å². The molecule has 2 aromatic rings. The Bertz CT molecular complexity index is 736. The van der Waals surface area contributed by atoms with Crippen LogP contribution in [0.5, 0.6) is 0 Å². The van der Waals surface area contributed by atoms with Crippen molar-refractivity contribution >= 4 is 22.7 Å². The molecule has 140 valence electrons. The maximum atomic E-state index is 11.9. The van der Waals surface area contributed by atoms with Gasteiger partial charge in [-0.1, -0.05) is 50.2 Å². The summed E-state index contributed by atoms with van der Waals surface area (Å²) < 4.78 is 10.6. The summed E-state index contributed by atoms with van der Waals surface area (Å²) in [5.74, 6) is -0.0513. The fourth-order valence-corrected chi connectivity index (χ4v) is 2.94. The number of carbonyl (C=O) groups excluding carboxylic acids is 2. The van der Waals surface area contributed by atoms with Crippen molar-refractivity contribution in [2.75, 3.05) is 0 Å². The van der Waals surface area contributed by atoms with Gasteiger partial charge in [-0.2, -0.15) is 0 Å². The third-order valence-electron chi connectivity index (χ3n) is 4.11. The maximum absolute atomic E-state index is 11.9. The van der Waals surface area contributed by atoms with Gasteiger partial charge in [-0.25, -0.2) is 0 Å². The van der Waals surface area contributed by atoms with Crippen molar-refractivity contribution in [3.8, 4) is 0 Å². The van der Waals surface area contributed by atoms with Crippen molar-refractivity contribution in [2.45, 2.75) is 59.2 Å². The molecule has 0 bridgehead atoms. The maximum Gasteiger partial charge on any atom is 0.306 e. The van der Waals surface area contributed by atoms with Gasteiger partial charge in [0.25, 0.3) is 0 Å². The number of benzene rings is 2. The number of fused-ring (bicyclic) bond motifs is 1. The van der Waals surface area contributed by atoms with E-state index in [1.807, 2.05) is 49.4 Å². The van der Waals surface area contributed by atoms with Crippen molar-refractivity contribution in [3.05, 3.63) is 48.0 Å². The van der Waals surface area contributed by atoms with E-state index in [2.05, 4.69) is 13.8 Å². The van der Waals surface area contributed by atoms with Gasteiger partial charge in [0.15, 0.2) is 0 Å². The van der Waals surface area contributed by atoms with Gasteiger partial charge >= 0.3 is 11.9 Å². The van der Waals surface area contributed by atoms with E-state index >= 15 is 0 Å². The van der Waals surface area contributed by atoms with Gasteiger partial charge < -0.3 is 9.47 Å². The van der Waals surface area contributed by atoms with Crippen molar-refractivity contribution in [3.63, 3.8) is 0 Å². The molecular weight excluding hydrogens is 328 g/mol. The minimum absolute atomic E-state index is 0.0812. The van der Waals surface area contributed by atoms with Gasteiger partial charge in [0.1, 0.15) is 6.61 Å². The molecule has 0 heterocycles. The van der Waals surface area contributed by atoms with Crippen molar-refractivity contribution in [1.82, 2.24) is 0 Å². The molecule has 0 radical (unpaired) electrons. The summed E-state index contributed by atoms with van der Waals surface area (Å²) in [4.78, 5) is 23.6. The first kappa shape index (κ1) is 20.0. The first-order valence-electron chi connectivity index (χ1n) is 9.27. The third kappa shape index (κ3) is 6.87. The van der Waals surface area contributed by atoms with E-state index in [1.54, 1.807) is 0 Å². The summed E-state index contributed by atoms with van der Waals surface area (Å²) in [5, 5.41) is 2.28. The monoisotopic (exact) mass is 356 g/mol. The smallest absolute Gasteiger partial charge is 0.306 e. The lowest BCUT2D eigenvalue weighted by Gasteiger charge is -2.15. The molecule has 0 spiro atoms. The molecule has 1 atom stereocenters. The van der Waals surface area contributed by atoms with Crippen LogP contribution in [0, 0.1) is 5.92 Å². The lowest BCUT2D eigenvalue weighted by molar-refractivity contribution is -0.149. The topological polar surface area (TPSA) is 52.6 Å². The molecule has 2 rings (SSSR count). The summed E-state index contributed by atoms with van der Waals surface area (Å²) in [6.45, 7) is 6.33. The van der Waals surface area contributed by atoms with Crippen molar-refractivity contribution in [1.29, 1.82) is 0 Å². The van der Waals surface area contributed by atoms with E-state index in [9.17, 15) is 9.59 Å². The minimum atomic E-state index is -0.291. The average molecular weight is 356 g/mol. The third-order valence-corrected chi connectivity index (χ3v) is 4.11. The Morgan fingerprint density at radius 3 is 2.35 bits per heavy atom. The highest BCUT2D eigenvalue weighted by atomic mass is 16.5. The first-order valence-corrected chi connectivity index (χ1v) is 9.27. The van der Waals surface area contributed by atoms with Crippen LogP contribution in [0.3, 0.4) is 0 Å². The van der Waals surface area contributed by atoms with Crippen molar-refractivity contribution in [2.24, 2.45) is 5.92 Å². The molecule has 0 N–H and O–H groups in total. The van der Waals surface area contributed by atoms with Crippen LogP contribution in [0.25, 0.3) is 10.8 Å². The van der Waals surface area contributed by atoms with E-state index in [4.69, 9.17) is 9.47 Å². The molecule has 0 aromatic heterocycles. The molecule has 26 heavy (non-hydrogen) atoms. The van der Waals surface area contributed by atoms with Gasteiger partial charge in [0, 0.05) is 12.8 Å². The number of ether oxygens (including phenoxy) is 2. The molecular formula is C22H28O4. The molecule has 0 aliphatic heterocycles. The van der Waals surface area contributed by atoms with E-state index in [-0.39, 0.29) is 37.5 Å². The second kappa shape index (κ2) is 9.95. The summed E-state index contributed by atoms with van der Waals surface area (Å²) >= 11 is 0. The standard InChI is InChI=1S/C22H28O4/c1-16(2)13-17(3)26-22(24)10-6-9-21(23)25-15-18-11-12-19-7-4-5-8-20(19)14-18/h4-5,7-8,11-12,14,16-17H,6,9-10,13,15H2,1-3H3. The molecule has 0 amide bonds. The molecule has 1 unspecified atom stereocenters. The Balaban J connectivity index is 1.67. The quantitative estimate of drug-likeness (QED) is 0.591. The second-order valence-corrected chi connectivity index (χ2v) is 7.13. The van der Waals surface area contributed by atoms with E-state index < -0.39 is 0 Å². The molecule has 2 aromatic carbocycles. The van der Waals surface area contributed by atoms with Gasteiger partial charge in [-0.05, 0) is 48.1 Å². The predicted molar refractivity (Wildman–Crippen MR) is 103 cm³/mol. The van der Waals surface area contributed by atoms with E-state index in [0.717, 1.165) is 22.8 Å². The summed E-state index contributed by atoms with van der Waals surface area (Å²) in [5.41, 5.74) is 0.957. The predicted octanol–water partition coefficient (Wildman–Crippen LogP) is 5.03. The van der Waals surface area contributed by atoms with Gasteiger partial charge in [0.2, 0.25) is 0 Å². The average Bonchev–Trinajstić information content (AvgIpc) is 2.59. The molecule has 0 saturated carbocycles.